The van der Waals surface area contributed by atoms with Gasteiger partial charge in [-0.2, -0.15) is 0 Å². The van der Waals surface area contributed by atoms with Gasteiger partial charge in [0.25, 0.3) is 5.97 Å². The molecule has 72 valence electrons. The van der Waals surface area contributed by atoms with E-state index in [9.17, 15) is 4.79 Å². The molecular formula is C7H13ClO4. The Morgan fingerprint density at radius 1 is 1.50 bits per heavy atom. The average Bonchev–Trinajstić information content (AvgIpc) is 1.82. The number of halogens is 1. The van der Waals surface area contributed by atoms with Gasteiger partial charge in [-0.05, 0) is 5.92 Å². The number of carboxylic acids is 1. The Bertz CT molecular complexity index is 140. The molecule has 0 aliphatic rings. The van der Waals surface area contributed by atoms with Gasteiger partial charge < -0.3 is 9.84 Å². The molecule has 0 heterocycles. The lowest BCUT2D eigenvalue weighted by atomic mass is 10.2. The van der Waals surface area contributed by atoms with Crippen molar-refractivity contribution < 1.29 is 19.4 Å². The Morgan fingerprint density at radius 3 is 1.92 bits per heavy atom. The highest BCUT2D eigenvalue weighted by Crippen LogP contribution is 1.94. The Kier molecular flexibility index (Phi) is 9.57. The summed E-state index contributed by atoms with van der Waals surface area (Å²) in [5.74, 6) is -0.474. The molecule has 0 bridgehead atoms. The zero-order chi connectivity index (χ0) is 10.1. The van der Waals surface area contributed by atoms with E-state index in [4.69, 9.17) is 21.5 Å². The van der Waals surface area contributed by atoms with Gasteiger partial charge in [0.15, 0.2) is 0 Å². The van der Waals surface area contributed by atoms with E-state index in [1.165, 1.54) is 0 Å². The van der Waals surface area contributed by atoms with Crippen LogP contribution in [-0.4, -0.2) is 23.1 Å². The Morgan fingerprint density at radius 2 is 1.83 bits per heavy atom. The SMILES string of the molecule is CC(=O)O.CC(C)COC(=O)Cl. The lowest BCUT2D eigenvalue weighted by molar-refractivity contribution is -0.134. The third-order valence-corrected chi connectivity index (χ3v) is 0.639. The van der Waals surface area contributed by atoms with E-state index in [1.807, 2.05) is 13.8 Å². The summed E-state index contributed by atoms with van der Waals surface area (Å²) in [7, 11) is 0. The molecule has 0 amide bonds. The summed E-state index contributed by atoms with van der Waals surface area (Å²) in [5.41, 5.74) is -0.723. The summed E-state index contributed by atoms with van der Waals surface area (Å²) in [6.07, 6.45) is 0. The number of ether oxygens (including phenoxy) is 1. The standard InChI is InChI=1S/C5H9ClO2.C2H4O2/c1-4(2)3-8-5(6)7;1-2(3)4/h4H,3H2,1-2H3;1H3,(H,3,4). The van der Waals surface area contributed by atoms with Crippen LogP contribution in [-0.2, 0) is 9.53 Å². The van der Waals surface area contributed by atoms with Crippen LogP contribution in [0.3, 0.4) is 0 Å². The van der Waals surface area contributed by atoms with Gasteiger partial charge in [-0.25, -0.2) is 4.79 Å². The fourth-order valence-electron chi connectivity index (χ4n) is 0.232. The highest BCUT2D eigenvalue weighted by molar-refractivity contribution is 6.61. The smallest absolute Gasteiger partial charge is 0.403 e. The van der Waals surface area contributed by atoms with E-state index >= 15 is 0 Å². The summed E-state index contributed by atoms with van der Waals surface area (Å²) < 4.78 is 4.43. The first-order valence-electron chi connectivity index (χ1n) is 3.38. The van der Waals surface area contributed by atoms with Crippen molar-refractivity contribution in [2.45, 2.75) is 20.8 Å². The first-order chi connectivity index (χ1) is 5.36. The van der Waals surface area contributed by atoms with Crippen LogP contribution in [0.15, 0.2) is 0 Å². The molecule has 1 N–H and O–H groups in total. The second kappa shape index (κ2) is 8.33. The molecule has 12 heavy (non-hydrogen) atoms. The first-order valence-corrected chi connectivity index (χ1v) is 3.75. The van der Waals surface area contributed by atoms with E-state index in [1.54, 1.807) is 0 Å². The quantitative estimate of drug-likeness (QED) is 0.687. The van der Waals surface area contributed by atoms with E-state index in [0.717, 1.165) is 6.92 Å². The summed E-state index contributed by atoms with van der Waals surface area (Å²) >= 11 is 4.86. The molecule has 0 aromatic heterocycles. The van der Waals surface area contributed by atoms with Crippen LogP contribution in [0.5, 0.6) is 0 Å². The van der Waals surface area contributed by atoms with Gasteiger partial charge in [0.1, 0.15) is 0 Å². The molecule has 0 aromatic carbocycles. The number of carbonyl (C=O) groups is 2. The van der Waals surface area contributed by atoms with Crippen molar-refractivity contribution >= 4 is 23.0 Å². The van der Waals surface area contributed by atoms with Gasteiger partial charge in [-0.3, -0.25) is 4.79 Å². The van der Waals surface area contributed by atoms with Crippen LogP contribution in [0, 0.1) is 5.92 Å². The minimum Gasteiger partial charge on any atom is -0.481 e. The lowest BCUT2D eigenvalue weighted by Crippen LogP contribution is -2.02. The number of rotatable bonds is 2. The van der Waals surface area contributed by atoms with Crippen molar-refractivity contribution in [2.75, 3.05) is 6.61 Å². The molecule has 5 heteroatoms. The topological polar surface area (TPSA) is 63.6 Å². The molecule has 0 fully saturated rings. The minimum absolute atomic E-state index is 0.359. The summed E-state index contributed by atoms with van der Waals surface area (Å²) in [6, 6.07) is 0. The molecule has 4 nitrogen and oxygen atoms in total. The maximum Gasteiger partial charge on any atom is 0.403 e. The third-order valence-electron chi connectivity index (χ3n) is 0.530. The van der Waals surface area contributed by atoms with Gasteiger partial charge >= 0.3 is 5.43 Å². The van der Waals surface area contributed by atoms with Gasteiger partial charge in [0.2, 0.25) is 0 Å². The molecular weight excluding hydrogens is 184 g/mol. The maximum atomic E-state index is 9.89. The zero-order valence-electron chi connectivity index (χ0n) is 7.33. The Hall–Kier alpha value is -0.770. The molecule has 0 radical (unpaired) electrons. The van der Waals surface area contributed by atoms with Crippen molar-refractivity contribution in [2.24, 2.45) is 5.92 Å². The molecule has 0 aromatic rings. The van der Waals surface area contributed by atoms with Crippen LogP contribution < -0.4 is 0 Å². The number of hydrogen-bond acceptors (Lipinski definition) is 3. The largest absolute Gasteiger partial charge is 0.481 e. The molecule has 0 rings (SSSR count). The van der Waals surface area contributed by atoms with Gasteiger partial charge in [0.05, 0.1) is 6.61 Å². The van der Waals surface area contributed by atoms with Crippen molar-refractivity contribution in [3.8, 4) is 0 Å². The predicted octanol–water partition coefficient (Wildman–Crippen LogP) is 2.11. The zero-order valence-corrected chi connectivity index (χ0v) is 8.09. The first kappa shape index (κ1) is 13.8. The number of carbonyl (C=O) groups excluding carboxylic acids is 1. The molecule has 0 saturated carbocycles. The van der Waals surface area contributed by atoms with Crippen LogP contribution in [0.2, 0.25) is 0 Å². The second-order valence-corrected chi connectivity index (χ2v) is 2.77. The fourth-order valence-corrected chi connectivity index (χ4v) is 0.295. The molecule has 0 atom stereocenters. The lowest BCUT2D eigenvalue weighted by Gasteiger charge is -2.00. The minimum atomic E-state index is -0.833. The average molecular weight is 197 g/mol. The molecule has 0 spiro atoms. The van der Waals surface area contributed by atoms with Gasteiger partial charge in [-0.15, -0.1) is 0 Å². The van der Waals surface area contributed by atoms with E-state index < -0.39 is 11.4 Å². The van der Waals surface area contributed by atoms with Crippen molar-refractivity contribution in [3.05, 3.63) is 0 Å². The number of aliphatic carboxylic acids is 1. The molecule has 0 saturated heterocycles. The van der Waals surface area contributed by atoms with Gasteiger partial charge in [0, 0.05) is 18.5 Å². The van der Waals surface area contributed by atoms with E-state index in [0.29, 0.717) is 12.5 Å². The van der Waals surface area contributed by atoms with Crippen molar-refractivity contribution in [3.63, 3.8) is 0 Å². The van der Waals surface area contributed by atoms with E-state index in [-0.39, 0.29) is 0 Å². The monoisotopic (exact) mass is 196 g/mol. The highest BCUT2D eigenvalue weighted by atomic mass is 35.5. The third kappa shape index (κ3) is 34.9. The summed E-state index contributed by atoms with van der Waals surface area (Å²) in [5, 5.41) is 7.42. The maximum absolute atomic E-state index is 9.89. The van der Waals surface area contributed by atoms with Gasteiger partial charge in [-0.1, -0.05) is 13.8 Å². The van der Waals surface area contributed by atoms with Crippen LogP contribution in [0.4, 0.5) is 4.79 Å². The second-order valence-electron chi connectivity index (χ2n) is 2.46. The van der Waals surface area contributed by atoms with Crippen LogP contribution >= 0.6 is 11.6 Å². The van der Waals surface area contributed by atoms with E-state index in [2.05, 4.69) is 4.74 Å². The number of carboxylic acid groups (broad SMARTS) is 1. The molecule has 0 aliphatic carbocycles. The van der Waals surface area contributed by atoms with Crippen molar-refractivity contribution in [1.29, 1.82) is 0 Å². The fraction of sp³-hybridized carbons (Fsp3) is 0.714. The number of hydrogen-bond donors (Lipinski definition) is 1. The highest BCUT2D eigenvalue weighted by Gasteiger charge is 1.96. The molecule has 0 unspecified atom stereocenters. The summed E-state index contributed by atoms with van der Waals surface area (Å²) in [4.78, 5) is 18.9. The molecule has 0 aliphatic heterocycles. The predicted molar refractivity (Wildman–Crippen MR) is 45.3 cm³/mol. The van der Waals surface area contributed by atoms with Crippen LogP contribution in [0.1, 0.15) is 20.8 Å². The summed E-state index contributed by atoms with van der Waals surface area (Å²) in [6.45, 7) is 5.38. The van der Waals surface area contributed by atoms with Crippen molar-refractivity contribution in [1.82, 2.24) is 0 Å². The van der Waals surface area contributed by atoms with Crippen LogP contribution in [0.25, 0.3) is 0 Å². The normalized spacial score (nSPS) is 8.42. The Balaban J connectivity index is 0. The Labute approximate surface area is 76.5 Å².